The lowest BCUT2D eigenvalue weighted by atomic mass is 10.1. The van der Waals surface area contributed by atoms with Gasteiger partial charge in [-0.05, 0) is 24.1 Å². The minimum Gasteiger partial charge on any atom is -0.376 e. The molecule has 5 nitrogen and oxygen atoms in total. The fourth-order valence-corrected chi connectivity index (χ4v) is 2.86. The van der Waals surface area contributed by atoms with Crippen molar-refractivity contribution in [2.45, 2.75) is 26.4 Å². The highest BCUT2D eigenvalue weighted by atomic mass is 32.1. The van der Waals surface area contributed by atoms with Gasteiger partial charge in [-0.3, -0.25) is 10.1 Å². The third kappa shape index (κ3) is 5.48. The van der Waals surface area contributed by atoms with Crippen LogP contribution in [0.4, 0.5) is 24.0 Å². The lowest BCUT2D eigenvalue weighted by Gasteiger charge is -2.10. The fourth-order valence-electron chi connectivity index (χ4n) is 1.89. The van der Waals surface area contributed by atoms with Gasteiger partial charge in [0.15, 0.2) is 0 Å². The second kappa shape index (κ2) is 7.61. The Kier molecular flexibility index (Phi) is 5.76. The van der Waals surface area contributed by atoms with Crippen LogP contribution >= 0.6 is 11.3 Å². The van der Waals surface area contributed by atoms with Crippen LogP contribution in [-0.4, -0.2) is 22.6 Å². The van der Waals surface area contributed by atoms with E-state index in [1.807, 2.05) is 0 Å². The number of hydrogen-bond acceptors (Lipinski definition) is 5. The molecule has 1 aromatic carbocycles. The van der Waals surface area contributed by atoms with Crippen molar-refractivity contribution in [1.82, 2.24) is 10.2 Å². The van der Waals surface area contributed by atoms with Crippen molar-refractivity contribution in [2.24, 2.45) is 5.92 Å². The maximum absolute atomic E-state index is 12.6. The summed E-state index contributed by atoms with van der Waals surface area (Å²) in [6.07, 6.45) is -3.64. The van der Waals surface area contributed by atoms with E-state index in [0.29, 0.717) is 11.0 Å². The zero-order chi connectivity index (χ0) is 17.7. The SMILES string of the molecule is CC(C)Cc1nnc(NC(=O)CNc2cccc(C(F)(F)F)c2)s1. The number of nitrogens with zero attached hydrogens (tertiary/aromatic N) is 2. The molecule has 1 amide bonds. The highest BCUT2D eigenvalue weighted by molar-refractivity contribution is 7.15. The van der Waals surface area contributed by atoms with Gasteiger partial charge in [-0.25, -0.2) is 0 Å². The molecule has 1 heterocycles. The quantitative estimate of drug-likeness (QED) is 0.824. The number of amides is 1. The molecule has 2 aromatic rings. The molecule has 0 atom stereocenters. The molecule has 0 aliphatic rings. The molecule has 0 spiro atoms. The number of anilines is 2. The van der Waals surface area contributed by atoms with Gasteiger partial charge in [-0.2, -0.15) is 13.2 Å². The van der Waals surface area contributed by atoms with Gasteiger partial charge in [0.05, 0.1) is 12.1 Å². The van der Waals surface area contributed by atoms with Crippen LogP contribution in [0, 0.1) is 5.92 Å². The van der Waals surface area contributed by atoms with E-state index in [1.54, 1.807) is 0 Å². The Bertz CT molecular complexity index is 700. The minimum atomic E-state index is -4.42. The van der Waals surface area contributed by atoms with Crippen molar-refractivity contribution >= 4 is 28.1 Å². The van der Waals surface area contributed by atoms with E-state index >= 15 is 0 Å². The summed E-state index contributed by atoms with van der Waals surface area (Å²) in [6, 6.07) is 4.68. The van der Waals surface area contributed by atoms with Crippen LogP contribution in [0.5, 0.6) is 0 Å². The van der Waals surface area contributed by atoms with Crippen LogP contribution in [0.2, 0.25) is 0 Å². The van der Waals surface area contributed by atoms with Crippen LogP contribution in [0.25, 0.3) is 0 Å². The lowest BCUT2D eigenvalue weighted by molar-refractivity contribution is -0.137. The molecule has 0 aliphatic carbocycles. The molecular weight excluding hydrogens is 341 g/mol. The van der Waals surface area contributed by atoms with Gasteiger partial charge in [0, 0.05) is 12.1 Å². The number of rotatable bonds is 6. The maximum atomic E-state index is 12.6. The summed E-state index contributed by atoms with van der Waals surface area (Å²) in [4.78, 5) is 11.8. The number of hydrogen-bond donors (Lipinski definition) is 2. The van der Waals surface area contributed by atoms with Crippen molar-refractivity contribution in [3.63, 3.8) is 0 Å². The van der Waals surface area contributed by atoms with E-state index in [0.717, 1.165) is 23.6 Å². The number of nitrogens with one attached hydrogen (secondary N) is 2. The van der Waals surface area contributed by atoms with Gasteiger partial charge < -0.3 is 5.32 Å². The molecule has 0 saturated heterocycles. The molecule has 0 saturated carbocycles. The van der Waals surface area contributed by atoms with Gasteiger partial charge in [0.2, 0.25) is 11.0 Å². The normalized spacial score (nSPS) is 11.6. The van der Waals surface area contributed by atoms with E-state index in [9.17, 15) is 18.0 Å². The highest BCUT2D eigenvalue weighted by Crippen LogP contribution is 2.30. The second-order valence-corrected chi connectivity index (χ2v) is 6.64. The Hall–Kier alpha value is -2.16. The monoisotopic (exact) mass is 358 g/mol. The number of carbonyl (C=O) groups excluding carboxylic acids is 1. The fraction of sp³-hybridized carbons (Fsp3) is 0.400. The third-order valence-corrected chi connectivity index (χ3v) is 3.80. The summed E-state index contributed by atoms with van der Waals surface area (Å²) in [7, 11) is 0. The molecule has 0 aliphatic heterocycles. The predicted octanol–water partition coefficient (Wildman–Crippen LogP) is 3.81. The average Bonchev–Trinajstić information content (AvgIpc) is 2.91. The van der Waals surface area contributed by atoms with Gasteiger partial charge in [0.25, 0.3) is 0 Å². The minimum absolute atomic E-state index is 0.166. The van der Waals surface area contributed by atoms with Crippen molar-refractivity contribution in [3.05, 3.63) is 34.8 Å². The van der Waals surface area contributed by atoms with Gasteiger partial charge >= 0.3 is 6.18 Å². The van der Waals surface area contributed by atoms with Gasteiger partial charge in [0.1, 0.15) is 5.01 Å². The number of aromatic nitrogens is 2. The Balaban J connectivity index is 1.88. The molecule has 2 rings (SSSR count). The molecule has 9 heteroatoms. The molecule has 1 aromatic heterocycles. The molecule has 0 radical (unpaired) electrons. The summed E-state index contributed by atoms with van der Waals surface area (Å²) in [6.45, 7) is 3.94. The van der Waals surface area contributed by atoms with Crippen molar-refractivity contribution in [3.8, 4) is 0 Å². The first-order valence-corrected chi connectivity index (χ1v) is 8.09. The number of alkyl halides is 3. The summed E-state index contributed by atoms with van der Waals surface area (Å²) >= 11 is 1.29. The molecule has 0 fully saturated rings. The molecular formula is C15H17F3N4OS. The molecule has 0 bridgehead atoms. The van der Waals surface area contributed by atoms with Crippen LogP contribution < -0.4 is 10.6 Å². The van der Waals surface area contributed by atoms with E-state index in [4.69, 9.17) is 0 Å². The standard InChI is InChI=1S/C15H17F3N4OS/c1-9(2)6-13-21-22-14(24-13)20-12(23)8-19-11-5-3-4-10(7-11)15(16,17)18/h3-5,7,9,19H,6,8H2,1-2H3,(H,20,22,23). The molecule has 24 heavy (non-hydrogen) atoms. The molecule has 2 N–H and O–H groups in total. The predicted molar refractivity (Wildman–Crippen MR) is 87.0 cm³/mol. The van der Waals surface area contributed by atoms with E-state index < -0.39 is 17.6 Å². The number of halogens is 3. The third-order valence-electron chi connectivity index (χ3n) is 2.94. The highest BCUT2D eigenvalue weighted by Gasteiger charge is 2.30. The summed E-state index contributed by atoms with van der Waals surface area (Å²) in [5.74, 6) is 0.0312. The van der Waals surface area contributed by atoms with Crippen LogP contribution in [0.15, 0.2) is 24.3 Å². The Morgan fingerprint density at radius 1 is 1.29 bits per heavy atom. The van der Waals surface area contributed by atoms with Crippen LogP contribution in [0.1, 0.15) is 24.4 Å². The first-order valence-electron chi connectivity index (χ1n) is 7.27. The maximum Gasteiger partial charge on any atom is 0.416 e. The van der Waals surface area contributed by atoms with Crippen molar-refractivity contribution in [2.75, 3.05) is 17.2 Å². The Morgan fingerprint density at radius 3 is 2.71 bits per heavy atom. The second-order valence-electron chi connectivity index (χ2n) is 5.58. The lowest BCUT2D eigenvalue weighted by Crippen LogP contribution is -2.21. The summed E-state index contributed by atoms with van der Waals surface area (Å²) in [5, 5.41) is 14.3. The van der Waals surface area contributed by atoms with E-state index in [1.165, 1.54) is 23.5 Å². The first kappa shape index (κ1) is 18.2. The number of carbonyl (C=O) groups is 1. The summed E-state index contributed by atoms with van der Waals surface area (Å²) < 4.78 is 37.9. The Morgan fingerprint density at radius 2 is 2.04 bits per heavy atom. The van der Waals surface area contributed by atoms with Crippen molar-refractivity contribution in [1.29, 1.82) is 0 Å². The van der Waals surface area contributed by atoms with Gasteiger partial charge in [-0.15, -0.1) is 10.2 Å². The average molecular weight is 358 g/mol. The van der Waals surface area contributed by atoms with E-state index in [-0.39, 0.29) is 12.2 Å². The van der Waals surface area contributed by atoms with Crippen molar-refractivity contribution < 1.29 is 18.0 Å². The molecule has 130 valence electrons. The molecule has 0 unspecified atom stereocenters. The van der Waals surface area contributed by atoms with Crippen LogP contribution in [0.3, 0.4) is 0 Å². The topological polar surface area (TPSA) is 66.9 Å². The summed E-state index contributed by atoms with van der Waals surface area (Å²) in [5.41, 5.74) is -0.548. The zero-order valence-electron chi connectivity index (χ0n) is 13.1. The Labute approximate surface area is 141 Å². The van der Waals surface area contributed by atoms with E-state index in [2.05, 4.69) is 34.7 Å². The largest absolute Gasteiger partial charge is 0.416 e. The van der Waals surface area contributed by atoms with Crippen LogP contribution in [-0.2, 0) is 17.4 Å². The number of benzene rings is 1. The van der Waals surface area contributed by atoms with Gasteiger partial charge in [-0.1, -0.05) is 31.3 Å². The smallest absolute Gasteiger partial charge is 0.376 e. The zero-order valence-corrected chi connectivity index (χ0v) is 14.0. The first-order chi connectivity index (χ1) is 11.2.